The molecule has 0 fully saturated rings. The topological polar surface area (TPSA) is 53.7 Å². The quantitative estimate of drug-likeness (QED) is 0.750. The van der Waals surface area contributed by atoms with E-state index in [0.717, 1.165) is 11.3 Å². The standard InChI is InChI=1S/C12H19NO3/c1-9(7-14-2)16-8-10-4-5-11(13)6-12(10)15-3/h4-6,9H,7-8,13H2,1-3H3. The zero-order valence-electron chi connectivity index (χ0n) is 10.0. The van der Waals surface area contributed by atoms with E-state index in [1.165, 1.54) is 0 Å². The van der Waals surface area contributed by atoms with Gasteiger partial charge in [-0.05, 0) is 13.0 Å². The molecule has 16 heavy (non-hydrogen) atoms. The van der Waals surface area contributed by atoms with Crippen molar-refractivity contribution in [2.45, 2.75) is 19.6 Å². The maximum atomic E-state index is 5.67. The van der Waals surface area contributed by atoms with E-state index in [1.807, 2.05) is 19.1 Å². The molecule has 0 aliphatic heterocycles. The number of nitrogens with two attached hydrogens (primary N) is 1. The van der Waals surface area contributed by atoms with Gasteiger partial charge in [0.05, 0.1) is 26.4 Å². The minimum Gasteiger partial charge on any atom is -0.496 e. The fraction of sp³-hybridized carbons (Fsp3) is 0.500. The minimum atomic E-state index is 0.0623. The van der Waals surface area contributed by atoms with E-state index in [0.29, 0.717) is 18.9 Å². The van der Waals surface area contributed by atoms with E-state index in [2.05, 4.69) is 0 Å². The predicted octanol–water partition coefficient (Wildman–Crippen LogP) is 1.83. The van der Waals surface area contributed by atoms with Crippen LogP contribution in [0, 0.1) is 0 Å². The largest absolute Gasteiger partial charge is 0.496 e. The maximum Gasteiger partial charge on any atom is 0.126 e. The van der Waals surface area contributed by atoms with Crippen LogP contribution in [0.25, 0.3) is 0 Å². The first-order valence-corrected chi connectivity index (χ1v) is 5.20. The van der Waals surface area contributed by atoms with Gasteiger partial charge < -0.3 is 19.9 Å². The second-order valence-electron chi connectivity index (χ2n) is 3.65. The van der Waals surface area contributed by atoms with E-state index in [1.54, 1.807) is 20.3 Å². The molecule has 0 aliphatic carbocycles. The first-order chi connectivity index (χ1) is 7.67. The monoisotopic (exact) mass is 225 g/mol. The lowest BCUT2D eigenvalue weighted by Crippen LogP contribution is -2.14. The Bertz CT molecular complexity index is 328. The van der Waals surface area contributed by atoms with Gasteiger partial charge in [0.2, 0.25) is 0 Å². The van der Waals surface area contributed by atoms with Gasteiger partial charge in [0, 0.05) is 24.4 Å². The molecule has 2 N–H and O–H groups in total. The molecular formula is C12H19NO3. The van der Waals surface area contributed by atoms with Crippen LogP contribution in [0.5, 0.6) is 5.75 Å². The third-order valence-electron chi connectivity index (χ3n) is 2.24. The van der Waals surface area contributed by atoms with Gasteiger partial charge in [0.15, 0.2) is 0 Å². The maximum absolute atomic E-state index is 5.67. The third-order valence-corrected chi connectivity index (χ3v) is 2.24. The fourth-order valence-corrected chi connectivity index (χ4v) is 1.40. The first-order valence-electron chi connectivity index (χ1n) is 5.20. The van der Waals surface area contributed by atoms with Crippen LogP contribution in [0.4, 0.5) is 5.69 Å². The van der Waals surface area contributed by atoms with Crippen molar-refractivity contribution in [1.29, 1.82) is 0 Å². The number of benzene rings is 1. The highest BCUT2D eigenvalue weighted by Crippen LogP contribution is 2.22. The van der Waals surface area contributed by atoms with Crippen LogP contribution in [0.1, 0.15) is 12.5 Å². The average molecular weight is 225 g/mol. The van der Waals surface area contributed by atoms with Crippen LogP contribution in [-0.4, -0.2) is 26.9 Å². The predicted molar refractivity (Wildman–Crippen MR) is 63.5 cm³/mol. The number of nitrogen functional groups attached to an aromatic ring is 1. The molecule has 0 amide bonds. The fourth-order valence-electron chi connectivity index (χ4n) is 1.40. The molecule has 0 radical (unpaired) electrons. The number of methoxy groups -OCH3 is 2. The van der Waals surface area contributed by atoms with Crippen LogP contribution < -0.4 is 10.5 Å². The summed E-state index contributed by atoms with van der Waals surface area (Å²) in [5, 5.41) is 0. The molecule has 0 bridgehead atoms. The molecule has 1 atom stereocenters. The van der Waals surface area contributed by atoms with Crippen molar-refractivity contribution < 1.29 is 14.2 Å². The molecule has 0 heterocycles. The van der Waals surface area contributed by atoms with E-state index < -0.39 is 0 Å². The summed E-state index contributed by atoms with van der Waals surface area (Å²) in [5.41, 5.74) is 7.34. The Labute approximate surface area is 96.3 Å². The first kappa shape index (κ1) is 12.8. The minimum absolute atomic E-state index is 0.0623. The molecule has 1 unspecified atom stereocenters. The molecule has 4 nitrogen and oxygen atoms in total. The smallest absolute Gasteiger partial charge is 0.126 e. The molecule has 1 rings (SSSR count). The Morgan fingerprint density at radius 3 is 2.69 bits per heavy atom. The van der Waals surface area contributed by atoms with Gasteiger partial charge in [-0.15, -0.1) is 0 Å². The molecule has 0 aliphatic rings. The SMILES string of the molecule is COCC(C)OCc1ccc(N)cc1OC. The summed E-state index contributed by atoms with van der Waals surface area (Å²) in [6, 6.07) is 5.54. The highest BCUT2D eigenvalue weighted by molar-refractivity contribution is 5.48. The molecule has 0 spiro atoms. The summed E-state index contributed by atoms with van der Waals surface area (Å²) >= 11 is 0. The van der Waals surface area contributed by atoms with E-state index in [4.69, 9.17) is 19.9 Å². The van der Waals surface area contributed by atoms with Crippen LogP contribution in [0.15, 0.2) is 18.2 Å². The Morgan fingerprint density at radius 2 is 2.06 bits per heavy atom. The summed E-state index contributed by atoms with van der Waals surface area (Å²) < 4.78 is 15.8. The summed E-state index contributed by atoms with van der Waals surface area (Å²) in [7, 11) is 3.28. The summed E-state index contributed by atoms with van der Waals surface area (Å²) in [6.45, 7) is 3.04. The van der Waals surface area contributed by atoms with Crippen LogP contribution in [-0.2, 0) is 16.1 Å². The number of hydrogen-bond acceptors (Lipinski definition) is 4. The number of rotatable bonds is 6. The Kier molecular flexibility index (Phi) is 5.08. The molecular weight excluding hydrogens is 206 g/mol. The lowest BCUT2D eigenvalue weighted by molar-refractivity contribution is -0.000727. The van der Waals surface area contributed by atoms with Crippen molar-refractivity contribution in [3.8, 4) is 5.75 Å². The second-order valence-corrected chi connectivity index (χ2v) is 3.65. The lowest BCUT2D eigenvalue weighted by atomic mass is 10.2. The molecule has 0 saturated carbocycles. The van der Waals surface area contributed by atoms with Crippen LogP contribution in [0.2, 0.25) is 0 Å². The number of hydrogen-bond donors (Lipinski definition) is 1. The van der Waals surface area contributed by atoms with Gasteiger partial charge >= 0.3 is 0 Å². The average Bonchev–Trinajstić information content (AvgIpc) is 2.27. The molecule has 0 saturated heterocycles. The van der Waals surface area contributed by atoms with Crippen LogP contribution in [0.3, 0.4) is 0 Å². The normalized spacial score (nSPS) is 12.4. The van der Waals surface area contributed by atoms with Gasteiger partial charge in [0.25, 0.3) is 0 Å². The Balaban J connectivity index is 2.59. The van der Waals surface area contributed by atoms with Crippen molar-refractivity contribution in [3.63, 3.8) is 0 Å². The Hall–Kier alpha value is -1.26. The molecule has 1 aromatic rings. The second kappa shape index (κ2) is 6.35. The van der Waals surface area contributed by atoms with Gasteiger partial charge in [-0.3, -0.25) is 0 Å². The van der Waals surface area contributed by atoms with Gasteiger partial charge in [-0.1, -0.05) is 6.07 Å². The van der Waals surface area contributed by atoms with Gasteiger partial charge in [-0.2, -0.15) is 0 Å². The highest BCUT2D eigenvalue weighted by atomic mass is 16.5. The summed E-state index contributed by atoms with van der Waals surface area (Å²) in [4.78, 5) is 0. The van der Waals surface area contributed by atoms with Crippen molar-refractivity contribution in [1.82, 2.24) is 0 Å². The third kappa shape index (κ3) is 3.72. The van der Waals surface area contributed by atoms with Gasteiger partial charge in [-0.25, -0.2) is 0 Å². The zero-order chi connectivity index (χ0) is 12.0. The van der Waals surface area contributed by atoms with E-state index in [9.17, 15) is 0 Å². The summed E-state index contributed by atoms with van der Waals surface area (Å²) in [6.07, 6.45) is 0.0623. The Morgan fingerprint density at radius 1 is 1.31 bits per heavy atom. The molecule has 90 valence electrons. The van der Waals surface area contributed by atoms with Gasteiger partial charge in [0.1, 0.15) is 5.75 Å². The number of anilines is 1. The molecule has 1 aromatic carbocycles. The van der Waals surface area contributed by atoms with Crippen molar-refractivity contribution in [2.24, 2.45) is 0 Å². The van der Waals surface area contributed by atoms with E-state index in [-0.39, 0.29) is 6.10 Å². The van der Waals surface area contributed by atoms with Crippen molar-refractivity contribution >= 4 is 5.69 Å². The van der Waals surface area contributed by atoms with E-state index >= 15 is 0 Å². The molecule has 0 aromatic heterocycles. The highest BCUT2D eigenvalue weighted by Gasteiger charge is 2.06. The lowest BCUT2D eigenvalue weighted by Gasteiger charge is -2.14. The molecule has 4 heteroatoms. The van der Waals surface area contributed by atoms with Crippen LogP contribution >= 0.6 is 0 Å². The van der Waals surface area contributed by atoms with Crippen molar-refractivity contribution in [3.05, 3.63) is 23.8 Å². The zero-order valence-corrected chi connectivity index (χ0v) is 10.0. The number of ether oxygens (including phenoxy) is 3. The summed E-state index contributed by atoms with van der Waals surface area (Å²) in [5.74, 6) is 0.754. The van der Waals surface area contributed by atoms with Crippen molar-refractivity contribution in [2.75, 3.05) is 26.6 Å².